The molecule has 4 nitrogen and oxygen atoms in total. The molecule has 5 heteroatoms. The molecule has 2 aliphatic rings. The maximum atomic E-state index is 14.1. The zero-order valence-corrected chi connectivity index (χ0v) is 27.5. The van der Waals surface area contributed by atoms with E-state index in [1.165, 1.54) is 11.1 Å². The highest BCUT2D eigenvalue weighted by Gasteiger charge is 2.41. The third kappa shape index (κ3) is 7.65. The van der Waals surface area contributed by atoms with Crippen molar-refractivity contribution in [2.24, 2.45) is 11.8 Å². The number of anilines is 1. The van der Waals surface area contributed by atoms with E-state index in [2.05, 4.69) is 75.9 Å². The van der Waals surface area contributed by atoms with Crippen LogP contribution < -0.4 is 9.64 Å². The summed E-state index contributed by atoms with van der Waals surface area (Å²) in [7, 11) is -0.0843. The summed E-state index contributed by atoms with van der Waals surface area (Å²) in [6.07, 6.45) is 14.3. The van der Waals surface area contributed by atoms with E-state index in [0.717, 1.165) is 74.9 Å². The second-order valence-corrected chi connectivity index (χ2v) is 18.7. The fourth-order valence-corrected chi connectivity index (χ4v) is 7.84. The molecule has 0 heterocycles. The average Bonchev–Trinajstić information content (AvgIpc) is 2.95. The van der Waals surface area contributed by atoms with E-state index >= 15 is 0 Å². The van der Waals surface area contributed by atoms with Crippen LogP contribution in [-0.4, -0.2) is 34.0 Å². The average molecular weight is 574 g/mol. The number of benzene rings is 2. The molecular formula is C36H51NO3Si. The van der Waals surface area contributed by atoms with E-state index in [4.69, 9.17) is 15.6 Å². The van der Waals surface area contributed by atoms with Gasteiger partial charge in [0.1, 0.15) is 5.75 Å². The molecule has 0 aromatic heterocycles. The largest absolute Gasteiger partial charge is 0.496 e. The Morgan fingerprint density at radius 1 is 1.00 bits per heavy atom. The lowest BCUT2D eigenvalue weighted by Crippen LogP contribution is -2.46. The van der Waals surface area contributed by atoms with E-state index < -0.39 is 8.32 Å². The van der Waals surface area contributed by atoms with Crippen LogP contribution in [0.3, 0.4) is 0 Å². The maximum absolute atomic E-state index is 14.1. The number of nitrogens with zero attached hydrogens (tertiary/aromatic N) is 1. The minimum Gasteiger partial charge on any atom is -0.496 e. The first-order chi connectivity index (χ1) is 19.4. The summed E-state index contributed by atoms with van der Waals surface area (Å²) in [6, 6.07) is 14.6. The molecule has 2 aliphatic carbocycles. The molecule has 1 amide bonds. The second kappa shape index (κ2) is 13.2. The number of hydrogen-bond donors (Lipinski definition) is 0. The van der Waals surface area contributed by atoms with Crippen LogP contribution in [0.4, 0.5) is 5.69 Å². The van der Waals surface area contributed by atoms with Crippen LogP contribution in [0.25, 0.3) is 0 Å². The second-order valence-electron chi connectivity index (χ2n) is 13.9. The number of carbonyl (C=O) groups excluding carboxylic acids is 1. The van der Waals surface area contributed by atoms with Gasteiger partial charge in [0, 0.05) is 29.8 Å². The van der Waals surface area contributed by atoms with Crippen LogP contribution >= 0.6 is 0 Å². The van der Waals surface area contributed by atoms with E-state index in [-0.39, 0.29) is 23.0 Å². The molecule has 2 aromatic carbocycles. The Bertz CT molecular complexity index is 1220. The molecule has 0 atom stereocenters. The SMILES string of the molecule is C#Cc1cccc(N(CC2CCC(c3ccc(OC)c(C)c3)CC2)C(=O)C2CCC(O[Si](C)(C)C(C)(C)C)CC2)c1. The Balaban J connectivity index is 1.42. The van der Waals surface area contributed by atoms with E-state index in [0.29, 0.717) is 11.8 Å². The lowest BCUT2D eigenvalue weighted by atomic mass is 9.78. The molecular weight excluding hydrogens is 522 g/mol. The van der Waals surface area contributed by atoms with Crippen LogP contribution in [0.15, 0.2) is 42.5 Å². The summed E-state index contributed by atoms with van der Waals surface area (Å²) in [5.41, 5.74) is 4.37. The third-order valence-electron chi connectivity index (χ3n) is 10.1. The van der Waals surface area contributed by atoms with Crippen LogP contribution in [0.2, 0.25) is 18.1 Å². The van der Waals surface area contributed by atoms with Crippen molar-refractivity contribution in [1.29, 1.82) is 0 Å². The minimum absolute atomic E-state index is 0.0439. The molecule has 222 valence electrons. The van der Waals surface area contributed by atoms with Crippen molar-refractivity contribution in [3.05, 3.63) is 59.2 Å². The summed E-state index contributed by atoms with van der Waals surface area (Å²) >= 11 is 0. The predicted molar refractivity (Wildman–Crippen MR) is 173 cm³/mol. The van der Waals surface area contributed by atoms with Crippen molar-refractivity contribution in [2.75, 3.05) is 18.6 Å². The van der Waals surface area contributed by atoms with Gasteiger partial charge in [-0.25, -0.2) is 0 Å². The number of rotatable bonds is 8. The monoisotopic (exact) mass is 573 g/mol. The Morgan fingerprint density at radius 3 is 2.27 bits per heavy atom. The number of methoxy groups -OCH3 is 1. The van der Waals surface area contributed by atoms with Gasteiger partial charge in [-0.2, -0.15) is 0 Å². The van der Waals surface area contributed by atoms with Crippen LogP contribution in [0, 0.1) is 31.1 Å². The van der Waals surface area contributed by atoms with Crippen LogP contribution in [0.1, 0.15) is 94.7 Å². The maximum Gasteiger partial charge on any atom is 0.230 e. The van der Waals surface area contributed by atoms with Crippen LogP contribution in [-0.2, 0) is 9.22 Å². The molecule has 0 unspecified atom stereocenters. The molecule has 2 saturated carbocycles. The lowest BCUT2D eigenvalue weighted by molar-refractivity contribution is -0.124. The molecule has 0 spiro atoms. The van der Waals surface area contributed by atoms with Crippen molar-refractivity contribution in [3.63, 3.8) is 0 Å². The topological polar surface area (TPSA) is 38.8 Å². The zero-order valence-electron chi connectivity index (χ0n) is 26.5. The number of carbonyl (C=O) groups is 1. The first-order valence-corrected chi connectivity index (χ1v) is 18.5. The molecule has 0 bridgehead atoms. The van der Waals surface area contributed by atoms with Gasteiger partial charge in [-0.05, 0) is 124 Å². The van der Waals surface area contributed by atoms with Crippen molar-refractivity contribution in [3.8, 4) is 18.1 Å². The van der Waals surface area contributed by atoms with Gasteiger partial charge in [-0.1, -0.05) is 44.9 Å². The molecule has 2 fully saturated rings. The molecule has 0 radical (unpaired) electrons. The molecule has 0 N–H and O–H groups in total. The number of ether oxygens (including phenoxy) is 1. The van der Waals surface area contributed by atoms with Gasteiger partial charge >= 0.3 is 0 Å². The summed E-state index contributed by atoms with van der Waals surface area (Å²) in [6.45, 7) is 14.4. The summed E-state index contributed by atoms with van der Waals surface area (Å²) < 4.78 is 12.2. The summed E-state index contributed by atoms with van der Waals surface area (Å²) in [4.78, 5) is 16.2. The van der Waals surface area contributed by atoms with Gasteiger partial charge in [0.25, 0.3) is 0 Å². The Hall–Kier alpha value is -2.55. The van der Waals surface area contributed by atoms with Crippen molar-refractivity contribution in [1.82, 2.24) is 0 Å². The van der Waals surface area contributed by atoms with Gasteiger partial charge < -0.3 is 14.1 Å². The normalized spacial score (nSPS) is 23.5. The van der Waals surface area contributed by atoms with Crippen molar-refractivity contribution in [2.45, 2.75) is 109 Å². The minimum atomic E-state index is -1.81. The highest BCUT2D eigenvalue weighted by atomic mass is 28.4. The molecule has 4 rings (SSSR count). The fourth-order valence-electron chi connectivity index (χ4n) is 6.42. The highest BCUT2D eigenvalue weighted by Crippen LogP contribution is 2.41. The van der Waals surface area contributed by atoms with Gasteiger partial charge in [-0.3, -0.25) is 4.79 Å². The fraction of sp³-hybridized carbons (Fsp3) is 0.583. The summed E-state index contributed by atoms with van der Waals surface area (Å²) in [5, 5.41) is 0.198. The van der Waals surface area contributed by atoms with Crippen molar-refractivity contribution < 1.29 is 14.0 Å². The standard InChI is InChI=1S/C36H51NO3Si/c1-9-27-11-10-12-32(24-27)37(35(38)30-17-20-33(21-18-30)40-41(7,8)36(3,4)5)25-28-13-15-29(16-14-28)31-19-22-34(39-6)26(2)23-31/h1,10-12,19,22-24,28-30,33H,13-18,20-21,25H2,2-8H3. The van der Waals surface area contributed by atoms with E-state index in [1.54, 1.807) is 7.11 Å². The molecule has 0 aliphatic heterocycles. The zero-order chi connectivity index (χ0) is 29.8. The Kier molecular flexibility index (Phi) is 10.1. The van der Waals surface area contributed by atoms with Crippen molar-refractivity contribution >= 4 is 19.9 Å². The number of terminal acetylenes is 1. The first kappa shape index (κ1) is 31.4. The first-order valence-electron chi connectivity index (χ1n) is 15.6. The Labute approximate surface area is 250 Å². The molecule has 2 aromatic rings. The third-order valence-corrected chi connectivity index (χ3v) is 14.6. The summed E-state index contributed by atoms with van der Waals surface area (Å²) in [5.74, 6) is 5.08. The van der Waals surface area contributed by atoms with E-state index in [9.17, 15) is 4.79 Å². The molecule has 0 saturated heterocycles. The van der Waals surface area contributed by atoms with E-state index in [1.807, 2.05) is 18.2 Å². The highest BCUT2D eigenvalue weighted by molar-refractivity contribution is 6.74. The lowest BCUT2D eigenvalue weighted by Gasteiger charge is -2.41. The molecule has 41 heavy (non-hydrogen) atoms. The van der Waals surface area contributed by atoms with Gasteiger partial charge in [0.05, 0.1) is 7.11 Å². The number of amides is 1. The van der Waals surface area contributed by atoms with Gasteiger partial charge in [0.2, 0.25) is 5.91 Å². The number of aryl methyl sites for hydroxylation is 1. The van der Waals surface area contributed by atoms with Gasteiger partial charge in [0.15, 0.2) is 8.32 Å². The quantitative estimate of drug-likeness (QED) is 0.234. The number of hydrogen-bond acceptors (Lipinski definition) is 3. The van der Waals surface area contributed by atoms with Crippen LogP contribution in [0.5, 0.6) is 5.75 Å². The Morgan fingerprint density at radius 2 is 1.68 bits per heavy atom. The smallest absolute Gasteiger partial charge is 0.230 e. The predicted octanol–water partition coefficient (Wildman–Crippen LogP) is 8.87. The van der Waals surface area contributed by atoms with Gasteiger partial charge in [-0.15, -0.1) is 6.42 Å².